The Labute approximate surface area is 72.2 Å². The van der Waals surface area contributed by atoms with E-state index in [-0.39, 0.29) is 6.04 Å². The van der Waals surface area contributed by atoms with Crippen LogP contribution in [0.5, 0.6) is 0 Å². The number of hydrogen-bond donors (Lipinski definition) is 1. The second kappa shape index (κ2) is 3.37. The highest BCUT2D eigenvalue weighted by molar-refractivity contribution is 7.10. The van der Waals surface area contributed by atoms with E-state index in [0.29, 0.717) is 5.92 Å². The van der Waals surface area contributed by atoms with E-state index in [1.165, 1.54) is 10.4 Å². The van der Waals surface area contributed by atoms with E-state index in [4.69, 9.17) is 5.73 Å². The number of rotatable bonds is 2. The van der Waals surface area contributed by atoms with Crippen LogP contribution < -0.4 is 5.73 Å². The van der Waals surface area contributed by atoms with Gasteiger partial charge in [0.05, 0.1) is 0 Å². The smallest absolute Gasteiger partial charge is 0.0326 e. The fourth-order valence-electron chi connectivity index (χ4n) is 1.02. The van der Waals surface area contributed by atoms with Crippen molar-refractivity contribution < 1.29 is 0 Å². The van der Waals surface area contributed by atoms with Crippen molar-refractivity contribution in [1.82, 2.24) is 0 Å². The standard InChI is InChI=1S/C9H15NS/c1-6(2)9(10)8-4-7(3)11-5-8/h4-6,9H,10H2,1-3H3. The molecular weight excluding hydrogens is 154 g/mol. The fraction of sp³-hybridized carbons (Fsp3) is 0.556. The Hall–Kier alpha value is -0.340. The van der Waals surface area contributed by atoms with E-state index in [0.717, 1.165) is 0 Å². The minimum absolute atomic E-state index is 0.208. The molecule has 1 nitrogen and oxygen atoms in total. The Balaban J connectivity index is 2.76. The van der Waals surface area contributed by atoms with Crippen LogP contribution in [0.4, 0.5) is 0 Å². The fourth-order valence-corrected chi connectivity index (χ4v) is 1.77. The van der Waals surface area contributed by atoms with Gasteiger partial charge in [-0.15, -0.1) is 11.3 Å². The molecule has 1 rings (SSSR count). The lowest BCUT2D eigenvalue weighted by Crippen LogP contribution is -2.15. The van der Waals surface area contributed by atoms with E-state index in [2.05, 4.69) is 32.2 Å². The molecule has 1 heterocycles. The van der Waals surface area contributed by atoms with E-state index >= 15 is 0 Å². The molecule has 0 aliphatic rings. The molecule has 0 radical (unpaired) electrons. The first-order chi connectivity index (χ1) is 5.11. The third-order valence-electron chi connectivity index (χ3n) is 1.85. The quantitative estimate of drug-likeness (QED) is 0.723. The summed E-state index contributed by atoms with van der Waals surface area (Å²) >= 11 is 1.77. The van der Waals surface area contributed by atoms with Gasteiger partial charge >= 0.3 is 0 Å². The van der Waals surface area contributed by atoms with Crippen LogP contribution in [0.25, 0.3) is 0 Å². The molecule has 0 amide bonds. The van der Waals surface area contributed by atoms with Crippen molar-refractivity contribution in [2.24, 2.45) is 11.7 Å². The summed E-state index contributed by atoms with van der Waals surface area (Å²) in [5, 5.41) is 2.15. The van der Waals surface area contributed by atoms with Gasteiger partial charge in [-0.2, -0.15) is 0 Å². The van der Waals surface area contributed by atoms with Gasteiger partial charge in [0.2, 0.25) is 0 Å². The van der Waals surface area contributed by atoms with E-state index < -0.39 is 0 Å². The van der Waals surface area contributed by atoms with Gasteiger partial charge in [0.25, 0.3) is 0 Å². The number of thiophene rings is 1. The minimum Gasteiger partial charge on any atom is -0.324 e. The Kier molecular flexibility index (Phi) is 2.68. The topological polar surface area (TPSA) is 26.0 Å². The molecule has 0 aliphatic heterocycles. The van der Waals surface area contributed by atoms with Crippen molar-refractivity contribution in [3.8, 4) is 0 Å². The predicted octanol–water partition coefficient (Wildman–Crippen LogP) is 2.71. The Morgan fingerprint density at radius 3 is 2.45 bits per heavy atom. The Morgan fingerprint density at radius 1 is 1.45 bits per heavy atom. The van der Waals surface area contributed by atoms with Crippen LogP contribution >= 0.6 is 11.3 Å². The van der Waals surface area contributed by atoms with Crippen molar-refractivity contribution in [3.63, 3.8) is 0 Å². The largest absolute Gasteiger partial charge is 0.324 e. The predicted molar refractivity (Wildman–Crippen MR) is 50.8 cm³/mol. The minimum atomic E-state index is 0.208. The van der Waals surface area contributed by atoms with Gasteiger partial charge < -0.3 is 5.73 Å². The Morgan fingerprint density at radius 2 is 2.09 bits per heavy atom. The molecule has 1 atom stereocenters. The van der Waals surface area contributed by atoms with Crippen molar-refractivity contribution in [2.45, 2.75) is 26.8 Å². The van der Waals surface area contributed by atoms with Crippen LogP contribution in [-0.4, -0.2) is 0 Å². The van der Waals surface area contributed by atoms with Gasteiger partial charge in [0.1, 0.15) is 0 Å². The number of nitrogens with two attached hydrogens (primary N) is 1. The van der Waals surface area contributed by atoms with Crippen molar-refractivity contribution in [3.05, 3.63) is 21.9 Å². The first-order valence-corrected chi connectivity index (χ1v) is 4.80. The molecular formula is C9H15NS. The molecule has 11 heavy (non-hydrogen) atoms. The maximum absolute atomic E-state index is 5.96. The van der Waals surface area contributed by atoms with Gasteiger partial charge in [0.15, 0.2) is 0 Å². The number of aryl methyl sites for hydroxylation is 1. The molecule has 0 spiro atoms. The highest BCUT2D eigenvalue weighted by Crippen LogP contribution is 2.23. The SMILES string of the molecule is Cc1cc(C(N)C(C)C)cs1. The second-order valence-corrected chi connectivity index (χ2v) is 4.38. The van der Waals surface area contributed by atoms with Gasteiger partial charge in [-0.25, -0.2) is 0 Å². The lowest BCUT2D eigenvalue weighted by Gasteiger charge is -2.13. The van der Waals surface area contributed by atoms with Crippen LogP contribution in [0.15, 0.2) is 11.4 Å². The van der Waals surface area contributed by atoms with Gasteiger partial charge in [0, 0.05) is 10.9 Å². The molecule has 0 saturated carbocycles. The molecule has 0 aliphatic carbocycles. The van der Waals surface area contributed by atoms with E-state index in [1.54, 1.807) is 11.3 Å². The zero-order valence-corrected chi connectivity index (χ0v) is 8.11. The normalized spacial score (nSPS) is 13.9. The Bertz CT molecular complexity index is 227. The molecule has 2 N–H and O–H groups in total. The van der Waals surface area contributed by atoms with E-state index in [1.807, 2.05) is 0 Å². The summed E-state index contributed by atoms with van der Waals surface area (Å²) in [6.07, 6.45) is 0. The molecule has 0 bridgehead atoms. The van der Waals surface area contributed by atoms with Crippen molar-refractivity contribution in [2.75, 3.05) is 0 Å². The first-order valence-electron chi connectivity index (χ1n) is 3.92. The van der Waals surface area contributed by atoms with Gasteiger partial charge in [-0.1, -0.05) is 13.8 Å². The molecule has 62 valence electrons. The monoisotopic (exact) mass is 169 g/mol. The third kappa shape index (κ3) is 2.04. The lowest BCUT2D eigenvalue weighted by molar-refractivity contribution is 0.515. The number of hydrogen-bond acceptors (Lipinski definition) is 2. The van der Waals surface area contributed by atoms with Crippen LogP contribution in [-0.2, 0) is 0 Å². The third-order valence-corrected chi connectivity index (χ3v) is 2.73. The summed E-state index contributed by atoms with van der Waals surface area (Å²) < 4.78 is 0. The van der Waals surface area contributed by atoms with Gasteiger partial charge in [-0.3, -0.25) is 0 Å². The summed E-state index contributed by atoms with van der Waals surface area (Å²) in [5.41, 5.74) is 7.24. The van der Waals surface area contributed by atoms with Gasteiger partial charge in [-0.05, 0) is 29.9 Å². The van der Waals surface area contributed by atoms with Crippen LogP contribution in [0.2, 0.25) is 0 Å². The highest BCUT2D eigenvalue weighted by atomic mass is 32.1. The summed E-state index contributed by atoms with van der Waals surface area (Å²) in [4.78, 5) is 1.34. The molecule has 1 unspecified atom stereocenters. The summed E-state index contributed by atoms with van der Waals surface area (Å²) in [7, 11) is 0. The zero-order valence-electron chi connectivity index (χ0n) is 7.29. The average Bonchev–Trinajstić information content (AvgIpc) is 2.34. The van der Waals surface area contributed by atoms with Crippen LogP contribution in [0.3, 0.4) is 0 Å². The summed E-state index contributed by atoms with van der Waals surface area (Å²) in [6, 6.07) is 2.38. The van der Waals surface area contributed by atoms with Crippen LogP contribution in [0, 0.1) is 12.8 Å². The average molecular weight is 169 g/mol. The summed E-state index contributed by atoms with van der Waals surface area (Å²) in [5.74, 6) is 0.531. The maximum atomic E-state index is 5.96. The molecule has 0 saturated heterocycles. The van der Waals surface area contributed by atoms with Crippen molar-refractivity contribution >= 4 is 11.3 Å². The molecule has 2 heteroatoms. The van der Waals surface area contributed by atoms with Crippen LogP contribution in [0.1, 0.15) is 30.3 Å². The van der Waals surface area contributed by atoms with Crippen molar-refractivity contribution in [1.29, 1.82) is 0 Å². The molecule has 0 aromatic carbocycles. The molecule has 0 fully saturated rings. The highest BCUT2D eigenvalue weighted by Gasteiger charge is 2.10. The maximum Gasteiger partial charge on any atom is 0.0326 e. The van der Waals surface area contributed by atoms with E-state index in [9.17, 15) is 0 Å². The first kappa shape index (κ1) is 8.75. The zero-order chi connectivity index (χ0) is 8.43. The summed E-state index contributed by atoms with van der Waals surface area (Å²) in [6.45, 7) is 6.41. The molecule has 1 aromatic heterocycles. The molecule has 1 aromatic rings. The lowest BCUT2D eigenvalue weighted by atomic mass is 10.00. The second-order valence-electron chi connectivity index (χ2n) is 3.26.